The summed E-state index contributed by atoms with van der Waals surface area (Å²) in [6.07, 6.45) is 3.92. The first-order valence-electron chi connectivity index (χ1n) is 5.46. The zero-order chi connectivity index (χ0) is 10.4. The van der Waals surface area contributed by atoms with Gasteiger partial charge in [-0.2, -0.15) is 5.26 Å². The Kier molecular flexibility index (Phi) is 4.92. The highest BCUT2D eigenvalue weighted by atomic mass is 16.5. The Hall–Kier alpha value is -0.590. The minimum Gasteiger partial charge on any atom is -0.381 e. The van der Waals surface area contributed by atoms with E-state index in [1.807, 2.05) is 0 Å². The highest BCUT2D eigenvalue weighted by Crippen LogP contribution is 2.18. The average Bonchev–Trinajstić information content (AvgIpc) is 2.26. The van der Waals surface area contributed by atoms with Gasteiger partial charge in [0.05, 0.1) is 12.5 Å². The van der Waals surface area contributed by atoms with Crippen LogP contribution in [0.15, 0.2) is 0 Å². The molecule has 1 aliphatic rings. The molecule has 0 amide bonds. The lowest BCUT2D eigenvalue weighted by Gasteiger charge is -2.35. The second kappa shape index (κ2) is 6.00. The molecule has 0 spiro atoms. The van der Waals surface area contributed by atoms with Crippen LogP contribution in [0.5, 0.6) is 0 Å². The van der Waals surface area contributed by atoms with Gasteiger partial charge in [-0.15, -0.1) is 0 Å². The molecule has 0 aromatic carbocycles. The van der Waals surface area contributed by atoms with E-state index in [0.717, 1.165) is 32.5 Å². The van der Waals surface area contributed by atoms with Gasteiger partial charge in [0.15, 0.2) is 0 Å². The van der Waals surface area contributed by atoms with E-state index in [1.54, 1.807) is 0 Å². The minimum absolute atomic E-state index is 0.420. The molecule has 1 saturated heterocycles. The van der Waals surface area contributed by atoms with Gasteiger partial charge in [0.2, 0.25) is 0 Å². The summed E-state index contributed by atoms with van der Waals surface area (Å²) in [5.41, 5.74) is 0. The van der Waals surface area contributed by atoms with E-state index in [-0.39, 0.29) is 0 Å². The molecule has 0 saturated carbocycles. The maximum absolute atomic E-state index is 8.71. The Morgan fingerprint density at radius 1 is 1.50 bits per heavy atom. The summed E-state index contributed by atoms with van der Waals surface area (Å²) < 4.78 is 5.33. The minimum atomic E-state index is 0.420. The van der Waals surface area contributed by atoms with Crippen LogP contribution in [0.2, 0.25) is 0 Å². The van der Waals surface area contributed by atoms with Crippen LogP contribution in [0, 0.1) is 11.3 Å². The number of rotatable bonds is 4. The summed E-state index contributed by atoms with van der Waals surface area (Å²) in [6.45, 7) is 3.90. The van der Waals surface area contributed by atoms with Crippen molar-refractivity contribution in [2.45, 2.75) is 44.7 Å². The topological polar surface area (TPSA) is 36.3 Å². The van der Waals surface area contributed by atoms with Crippen LogP contribution in [0.3, 0.4) is 0 Å². The van der Waals surface area contributed by atoms with Gasteiger partial charge in [0.1, 0.15) is 0 Å². The van der Waals surface area contributed by atoms with E-state index < -0.39 is 0 Å². The lowest BCUT2D eigenvalue weighted by atomic mass is 10.0. The fraction of sp³-hybridized carbons (Fsp3) is 0.909. The molecule has 1 unspecified atom stereocenters. The Bertz CT molecular complexity index is 194. The lowest BCUT2D eigenvalue weighted by molar-refractivity contribution is 0.0285. The first-order valence-corrected chi connectivity index (χ1v) is 5.46. The van der Waals surface area contributed by atoms with Gasteiger partial charge in [-0.3, -0.25) is 4.90 Å². The van der Waals surface area contributed by atoms with Crippen molar-refractivity contribution >= 4 is 0 Å². The van der Waals surface area contributed by atoms with Crippen LogP contribution in [0.25, 0.3) is 0 Å². The van der Waals surface area contributed by atoms with E-state index in [2.05, 4.69) is 24.9 Å². The molecule has 1 fully saturated rings. The van der Waals surface area contributed by atoms with Crippen LogP contribution >= 0.6 is 0 Å². The van der Waals surface area contributed by atoms with Gasteiger partial charge >= 0.3 is 0 Å². The molecular weight excluding hydrogens is 176 g/mol. The van der Waals surface area contributed by atoms with Crippen LogP contribution in [-0.2, 0) is 4.74 Å². The van der Waals surface area contributed by atoms with E-state index in [9.17, 15) is 0 Å². The maximum Gasteiger partial charge on any atom is 0.0638 e. The summed E-state index contributed by atoms with van der Waals surface area (Å²) in [7, 11) is 2.14. The van der Waals surface area contributed by atoms with Gasteiger partial charge in [-0.1, -0.05) is 6.92 Å². The molecule has 0 aromatic rings. The zero-order valence-corrected chi connectivity index (χ0v) is 9.20. The first kappa shape index (κ1) is 11.5. The molecule has 1 rings (SSSR count). The Morgan fingerprint density at radius 2 is 2.14 bits per heavy atom. The molecule has 14 heavy (non-hydrogen) atoms. The first-order chi connectivity index (χ1) is 6.79. The van der Waals surface area contributed by atoms with Crippen molar-refractivity contribution in [1.82, 2.24) is 4.90 Å². The van der Waals surface area contributed by atoms with E-state index >= 15 is 0 Å². The van der Waals surface area contributed by atoms with Gasteiger partial charge in [0.25, 0.3) is 0 Å². The second-order valence-corrected chi connectivity index (χ2v) is 3.93. The number of nitriles is 1. The normalized spacial score (nSPS) is 20.7. The number of ether oxygens (including phenoxy) is 1. The maximum atomic E-state index is 8.71. The Morgan fingerprint density at radius 3 is 2.64 bits per heavy atom. The zero-order valence-electron chi connectivity index (χ0n) is 9.20. The molecular formula is C11H20N2O. The second-order valence-electron chi connectivity index (χ2n) is 3.93. The molecule has 0 bridgehead atoms. The summed E-state index contributed by atoms with van der Waals surface area (Å²) in [4.78, 5) is 2.37. The SMILES string of the molecule is CCC(CC#N)N(C)C1CCOCC1. The fourth-order valence-electron chi connectivity index (χ4n) is 2.07. The summed E-state index contributed by atoms with van der Waals surface area (Å²) in [5, 5.41) is 8.71. The van der Waals surface area contributed by atoms with Gasteiger partial charge in [0, 0.05) is 25.3 Å². The third-order valence-electron chi connectivity index (χ3n) is 3.14. The molecule has 0 N–H and O–H groups in total. The lowest BCUT2D eigenvalue weighted by Crippen LogP contribution is -2.42. The van der Waals surface area contributed by atoms with Gasteiger partial charge in [-0.05, 0) is 26.3 Å². The highest BCUT2D eigenvalue weighted by molar-refractivity contribution is 4.84. The predicted octanol–water partition coefficient (Wildman–Crippen LogP) is 1.79. The van der Waals surface area contributed by atoms with E-state index in [4.69, 9.17) is 10.00 Å². The smallest absolute Gasteiger partial charge is 0.0638 e. The van der Waals surface area contributed by atoms with Crippen molar-refractivity contribution in [3.05, 3.63) is 0 Å². The molecule has 1 atom stereocenters. The third-order valence-corrected chi connectivity index (χ3v) is 3.14. The van der Waals surface area contributed by atoms with Crippen LogP contribution in [0.4, 0.5) is 0 Å². The predicted molar refractivity (Wildman–Crippen MR) is 55.9 cm³/mol. The van der Waals surface area contributed by atoms with Crippen LogP contribution < -0.4 is 0 Å². The fourth-order valence-corrected chi connectivity index (χ4v) is 2.07. The van der Waals surface area contributed by atoms with Crippen molar-refractivity contribution in [1.29, 1.82) is 5.26 Å². The molecule has 0 radical (unpaired) electrons. The standard InChI is InChI=1S/C11H20N2O/c1-3-10(4-7-12)13(2)11-5-8-14-9-6-11/h10-11H,3-6,8-9H2,1-2H3. The molecule has 3 heteroatoms. The van der Waals surface area contributed by atoms with Crippen molar-refractivity contribution in [2.24, 2.45) is 0 Å². The number of hydrogen-bond acceptors (Lipinski definition) is 3. The largest absolute Gasteiger partial charge is 0.381 e. The van der Waals surface area contributed by atoms with E-state index in [0.29, 0.717) is 18.5 Å². The number of hydrogen-bond donors (Lipinski definition) is 0. The number of nitrogens with zero attached hydrogens (tertiary/aromatic N) is 2. The van der Waals surface area contributed by atoms with E-state index in [1.165, 1.54) is 0 Å². The monoisotopic (exact) mass is 196 g/mol. The summed E-state index contributed by atoms with van der Waals surface area (Å²) >= 11 is 0. The molecule has 1 heterocycles. The van der Waals surface area contributed by atoms with Crippen molar-refractivity contribution in [2.75, 3.05) is 20.3 Å². The molecule has 80 valence electrons. The quantitative estimate of drug-likeness (QED) is 0.687. The van der Waals surface area contributed by atoms with Gasteiger partial charge in [-0.25, -0.2) is 0 Å². The van der Waals surface area contributed by atoms with Crippen LogP contribution in [0.1, 0.15) is 32.6 Å². The highest BCUT2D eigenvalue weighted by Gasteiger charge is 2.23. The van der Waals surface area contributed by atoms with Crippen molar-refractivity contribution in [3.63, 3.8) is 0 Å². The molecule has 0 aromatic heterocycles. The Labute approximate surface area is 86.6 Å². The van der Waals surface area contributed by atoms with Crippen LogP contribution in [-0.4, -0.2) is 37.2 Å². The summed E-state index contributed by atoms with van der Waals surface area (Å²) in [6, 6.07) is 3.30. The van der Waals surface area contributed by atoms with Crippen molar-refractivity contribution < 1.29 is 4.74 Å². The van der Waals surface area contributed by atoms with Gasteiger partial charge < -0.3 is 4.74 Å². The average molecular weight is 196 g/mol. The molecule has 3 nitrogen and oxygen atoms in total. The molecule has 0 aliphatic carbocycles. The Balaban J connectivity index is 2.43. The van der Waals surface area contributed by atoms with Crippen molar-refractivity contribution in [3.8, 4) is 6.07 Å². The third kappa shape index (κ3) is 2.97. The summed E-state index contributed by atoms with van der Waals surface area (Å²) in [5.74, 6) is 0. The molecule has 1 aliphatic heterocycles.